The SMILES string of the molecule is COC(=O)c1sc(-c2ccc(NC(=O)c3csc(N)n3)cc2)cc1N(C(=O)C1CCC(C)CC1)C(C)C. The third-order valence-electron chi connectivity index (χ3n) is 6.64. The summed E-state index contributed by atoms with van der Waals surface area (Å²) in [4.78, 5) is 45.8. The average Bonchev–Trinajstić information content (AvgIpc) is 3.51. The number of ether oxygens (including phenoxy) is 1. The topological polar surface area (TPSA) is 115 Å². The molecule has 3 N–H and O–H groups in total. The van der Waals surface area contributed by atoms with Crippen molar-refractivity contribution < 1.29 is 19.1 Å². The van der Waals surface area contributed by atoms with Crippen LogP contribution in [0.2, 0.25) is 0 Å². The molecular formula is C27H32N4O4S2. The fraction of sp³-hybridized carbons (Fsp3) is 0.407. The Morgan fingerprint density at radius 3 is 2.38 bits per heavy atom. The number of benzene rings is 1. The van der Waals surface area contributed by atoms with Crippen molar-refractivity contribution in [3.63, 3.8) is 0 Å². The Bertz CT molecular complexity index is 1270. The Morgan fingerprint density at radius 1 is 1.14 bits per heavy atom. The Kier molecular flexibility index (Phi) is 8.29. The van der Waals surface area contributed by atoms with Gasteiger partial charge in [-0.1, -0.05) is 19.1 Å². The van der Waals surface area contributed by atoms with Crippen LogP contribution >= 0.6 is 22.7 Å². The molecule has 1 saturated carbocycles. The molecule has 2 amide bonds. The van der Waals surface area contributed by atoms with Gasteiger partial charge < -0.3 is 20.7 Å². The molecule has 0 bridgehead atoms. The number of nitrogens with one attached hydrogen (secondary N) is 1. The predicted octanol–water partition coefficient (Wildman–Crippen LogP) is 6.06. The van der Waals surface area contributed by atoms with Gasteiger partial charge in [-0.15, -0.1) is 22.7 Å². The zero-order valence-corrected chi connectivity index (χ0v) is 23.1. The number of nitrogens with zero attached hydrogens (tertiary/aromatic N) is 2. The summed E-state index contributed by atoms with van der Waals surface area (Å²) >= 11 is 2.50. The summed E-state index contributed by atoms with van der Waals surface area (Å²) in [5, 5.41) is 4.75. The first kappa shape index (κ1) is 26.8. The van der Waals surface area contributed by atoms with Crippen molar-refractivity contribution in [2.75, 3.05) is 23.1 Å². The lowest BCUT2D eigenvalue weighted by molar-refractivity contribution is -0.123. The lowest BCUT2D eigenvalue weighted by atomic mass is 9.82. The van der Waals surface area contributed by atoms with Gasteiger partial charge in [0.25, 0.3) is 5.91 Å². The van der Waals surface area contributed by atoms with Crippen LogP contribution in [0, 0.1) is 11.8 Å². The largest absolute Gasteiger partial charge is 0.465 e. The van der Waals surface area contributed by atoms with Crippen molar-refractivity contribution in [3.05, 3.63) is 46.3 Å². The van der Waals surface area contributed by atoms with Crippen molar-refractivity contribution in [1.82, 2.24) is 4.98 Å². The van der Waals surface area contributed by atoms with Crippen LogP contribution in [0.1, 0.15) is 66.6 Å². The number of anilines is 3. The zero-order chi connectivity index (χ0) is 26.7. The van der Waals surface area contributed by atoms with Crippen LogP contribution in [-0.4, -0.2) is 35.9 Å². The average molecular weight is 541 g/mol. The minimum atomic E-state index is -0.464. The number of nitrogens with two attached hydrogens (primary N) is 1. The Balaban J connectivity index is 1.60. The maximum Gasteiger partial charge on any atom is 0.350 e. The number of hydrogen-bond acceptors (Lipinski definition) is 8. The summed E-state index contributed by atoms with van der Waals surface area (Å²) in [7, 11) is 1.35. The zero-order valence-electron chi connectivity index (χ0n) is 21.4. The lowest BCUT2D eigenvalue weighted by Crippen LogP contribution is -2.42. The van der Waals surface area contributed by atoms with Gasteiger partial charge in [0.1, 0.15) is 10.6 Å². The van der Waals surface area contributed by atoms with Gasteiger partial charge in [0, 0.05) is 27.9 Å². The Morgan fingerprint density at radius 2 is 1.81 bits per heavy atom. The molecule has 0 aliphatic heterocycles. The van der Waals surface area contributed by atoms with Crippen LogP contribution in [0.25, 0.3) is 10.4 Å². The van der Waals surface area contributed by atoms with Gasteiger partial charge in [-0.25, -0.2) is 9.78 Å². The first-order valence-corrected chi connectivity index (χ1v) is 14.1. The first-order chi connectivity index (χ1) is 17.7. The smallest absolute Gasteiger partial charge is 0.350 e. The minimum absolute atomic E-state index is 0.0385. The maximum atomic E-state index is 13.6. The van der Waals surface area contributed by atoms with E-state index < -0.39 is 5.97 Å². The number of carbonyl (C=O) groups is 3. The molecule has 0 unspecified atom stereocenters. The van der Waals surface area contributed by atoms with E-state index in [1.807, 2.05) is 32.0 Å². The summed E-state index contributed by atoms with van der Waals surface area (Å²) in [6, 6.07) is 9.09. The van der Waals surface area contributed by atoms with Crippen LogP contribution in [0.3, 0.4) is 0 Å². The van der Waals surface area contributed by atoms with Crippen LogP contribution in [0.5, 0.6) is 0 Å². The molecule has 0 saturated heterocycles. The monoisotopic (exact) mass is 540 g/mol. The molecule has 37 heavy (non-hydrogen) atoms. The molecule has 10 heteroatoms. The van der Waals surface area contributed by atoms with E-state index in [2.05, 4.69) is 17.2 Å². The third-order valence-corrected chi connectivity index (χ3v) is 8.47. The molecule has 0 radical (unpaired) electrons. The Hall–Kier alpha value is -3.24. The molecule has 2 aromatic heterocycles. The number of thiophene rings is 1. The summed E-state index contributed by atoms with van der Waals surface area (Å²) < 4.78 is 5.07. The van der Waals surface area contributed by atoms with Gasteiger partial charge in [-0.3, -0.25) is 9.59 Å². The molecule has 8 nitrogen and oxygen atoms in total. The Labute approximate surface area is 224 Å². The van der Waals surface area contributed by atoms with Gasteiger partial charge in [-0.05, 0) is 69.2 Å². The van der Waals surface area contributed by atoms with Gasteiger partial charge in [-0.2, -0.15) is 0 Å². The highest BCUT2D eigenvalue weighted by Gasteiger charge is 2.33. The molecule has 4 rings (SSSR count). The molecule has 0 atom stereocenters. The van der Waals surface area contributed by atoms with Crippen LogP contribution in [-0.2, 0) is 9.53 Å². The van der Waals surface area contributed by atoms with Crippen molar-refractivity contribution in [2.45, 2.75) is 52.5 Å². The standard InChI is InChI=1S/C27H32N4O4S2/c1-15(2)31(25(33)18-7-5-16(3)6-8-18)21-13-22(37-23(21)26(34)35-4)17-9-11-19(12-10-17)29-24(32)20-14-36-27(28)30-20/h9-16,18H,5-8H2,1-4H3,(H2,28,30)(H,29,32). The first-order valence-electron chi connectivity index (χ1n) is 12.4. The molecular weight excluding hydrogens is 508 g/mol. The van der Waals surface area contributed by atoms with Crippen molar-refractivity contribution in [3.8, 4) is 10.4 Å². The van der Waals surface area contributed by atoms with Gasteiger partial charge >= 0.3 is 5.97 Å². The van der Waals surface area contributed by atoms with E-state index in [-0.39, 0.29) is 29.5 Å². The lowest BCUT2D eigenvalue weighted by Gasteiger charge is -2.33. The highest BCUT2D eigenvalue weighted by molar-refractivity contribution is 7.18. The third kappa shape index (κ3) is 6.02. The van der Waals surface area contributed by atoms with Crippen LogP contribution in [0.4, 0.5) is 16.5 Å². The fourth-order valence-corrected chi connectivity index (χ4v) is 6.22. The normalized spacial score (nSPS) is 17.4. The van der Waals surface area contributed by atoms with Crippen molar-refractivity contribution in [2.24, 2.45) is 11.8 Å². The molecule has 2 heterocycles. The maximum absolute atomic E-state index is 13.6. The number of carbonyl (C=O) groups excluding carboxylic acids is 3. The van der Waals surface area contributed by atoms with E-state index in [0.717, 1.165) is 36.1 Å². The molecule has 0 spiro atoms. The van der Waals surface area contributed by atoms with E-state index in [1.54, 1.807) is 22.4 Å². The second kappa shape index (κ2) is 11.4. The highest BCUT2D eigenvalue weighted by atomic mass is 32.1. The second-order valence-electron chi connectivity index (χ2n) is 9.68. The number of nitrogen functional groups attached to an aromatic ring is 1. The number of aromatic nitrogens is 1. The van der Waals surface area contributed by atoms with E-state index in [9.17, 15) is 14.4 Å². The number of rotatable bonds is 7. The molecule has 1 aliphatic rings. The van der Waals surface area contributed by atoms with Gasteiger partial charge in [0.2, 0.25) is 5.91 Å². The summed E-state index contributed by atoms with van der Waals surface area (Å²) in [5.74, 6) is -0.133. The number of amides is 2. The van der Waals surface area contributed by atoms with E-state index >= 15 is 0 Å². The summed E-state index contributed by atoms with van der Waals surface area (Å²) in [6.45, 7) is 6.16. The second-order valence-corrected chi connectivity index (χ2v) is 11.6. The molecule has 3 aromatic rings. The number of hydrogen-bond donors (Lipinski definition) is 2. The predicted molar refractivity (Wildman–Crippen MR) is 149 cm³/mol. The van der Waals surface area contributed by atoms with Crippen LogP contribution in [0.15, 0.2) is 35.7 Å². The van der Waals surface area contributed by atoms with Crippen LogP contribution < -0.4 is 16.0 Å². The van der Waals surface area contributed by atoms with E-state index in [0.29, 0.717) is 27.3 Å². The number of esters is 1. The number of methoxy groups -OCH3 is 1. The van der Waals surface area contributed by atoms with Gasteiger partial charge in [0.15, 0.2) is 5.13 Å². The molecule has 1 aromatic carbocycles. The van der Waals surface area contributed by atoms with Crippen molar-refractivity contribution in [1.29, 1.82) is 0 Å². The van der Waals surface area contributed by atoms with Crippen molar-refractivity contribution >= 4 is 57.0 Å². The number of thiazole rings is 1. The van der Waals surface area contributed by atoms with E-state index in [1.165, 1.54) is 29.8 Å². The van der Waals surface area contributed by atoms with E-state index in [4.69, 9.17) is 10.5 Å². The summed E-state index contributed by atoms with van der Waals surface area (Å²) in [6.07, 6.45) is 3.82. The fourth-order valence-electron chi connectivity index (χ4n) is 4.60. The minimum Gasteiger partial charge on any atom is -0.465 e. The quantitative estimate of drug-likeness (QED) is 0.352. The summed E-state index contributed by atoms with van der Waals surface area (Å²) in [5.41, 5.74) is 7.94. The molecule has 196 valence electrons. The molecule has 1 fully saturated rings. The van der Waals surface area contributed by atoms with Gasteiger partial charge in [0.05, 0.1) is 12.8 Å². The molecule has 1 aliphatic carbocycles. The highest BCUT2D eigenvalue weighted by Crippen LogP contribution is 2.40.